The van der Waals surface area contributed by atoms with Crippen molar-refractivity contribution < 1.29 is 8.42 Å². The molecule has 1 saturated heterocycles. The van der Waals surface area contributed by atoms with Gasteiger partial charge in [-0.15, -0.1) is 0 Å². The Bertz CT molecular complexity index is 1250. The number of rotatable bonds is 4. The molecule has 3 heterocycles. The van der Waals surface area contributed by atoms with Crippen molar-refractivity contribution in [3.63, 3.8) is 0 Å². The minimum Gasteiger partial charge on any atom is -0.369 e. The molecule has 31 heavy (non-hydrogen) atoms. The molecule has 8 nitrogen and oxygen atoms in total. The van der Waals surface area contributed by atoms with Crippen LogP contribution >= 0.6 is 11.6 Å². The van der Waals surface area contributed by atoms with E-state index in [4.69, 9.17) is 11.6 Å². The van der Waals surface area contributed by atoms with Gasteiger partial charge in [-0.1, -0.05) is 36.6 Å². The molecule has 0 unspecified atom stereocenters. The Kier molecular flexibility index (Phi) is 5.27. The van der Waals surface area contributed by atoms with Crippen LogP contribution in [-0.4, -0.2) is 59.1 Å². The molecule has 1 aliphatic heterocycles. The molecule has 0 bridgehead atoms. The summed E-state index contributed by atoms with van der Waals surface area (Å²) in [7, 11) is -3.18. The molecule has 1 saturated carbocycles. The lowest BCUT2D eigenvalue weighted by atomic mass is 10.1. The van der Waals surface area contributed by atoms with Crippen LogP contribution in [0.1, 0.15) is 25.7 Å². The smallest absolute Gasteiger partial charge is 0.325 e. The molecule has 3 aromatic rings. The summed E-state index contributed by atoms with van der Waals surface area (Å²) in [6.45, 7) is 2.37. The van der Waals surface area contributed by atoms with Gasteiger partial charge >= 0.3 is 5.69 Å². The summed E-state index contributed by atoms with van der Waals surface area (Å²) in [5, 5.41) is 0.268. The van der Waals surface area contributed by atoms with E-state index in [1.165, 1.54) is 0 Å². The number of H-pyrrole nitrogens is 2. The van der Waals surface area contributed by atoms with Crippen LogP contribution in [0.5, 0.6) is 0 Å². The van der Waals surface area contributed by atoms with Gasteiger partial charge in [0.25, 0.3) is 0 Å². The molecule has 2 N–H and O–H groups in total. The largest absolute Gasteiger partial charge is 0.369 e. The first-order valence-corrected chi connectivity index (χ1v) is 12.4. The molecule has 0 radical (unpaired) electrons. The number of piperazine rings is 1. The molecular formula is C21H24ClN5O3S. The summed E-state index contributed by atoms with van der Waals surface area (Å²) in [6.07, 6.45) is 3.62. The number of sulfonamides is 1. The van der Waals surface area contributed by atoms with E-state index in [0.717, 1.165) is 36.9 Å². The maximum absolute atomic E-state index is 12.8. The van der Waals surface area contributed by atoms with Crippen LogP contribution in [0.15, 0.2) is 35.1 Å². The van der Waals surface area contributed by atoms with Gasteiger partial charge in [-0.25, -0.2) is 18.2 Å². The van der Waals surface area contributed by atoms with Gasteiger partial charge < -0.3 is 9.88 Å². The quantitative estimate of drug-likeness (QED) is 0.621. The second-order valence-electron chi connectivity index (χ2n) is 8.18. The highest BCUT2D eigenvalue weighted by molar-refractivity contribution is 7.89. The number of halogens is 1. The van der Waals surface area contributed by atoms with Crippen LogP contribution in [0, 0.1) is 0 Å². The van der Waals surface area contributed by atoms with Crippen molar-refractivity contribution in [3.8, 4) is 11.3 Å². The molecular weight excluding hydrogens is 438 g/mol. The zero-order valence-corrected chi connectivity index (χ0v) is 18.5. The Morgan fingerprint density at radius 2 is 1.68 bits per heavy atom. The highest BCUT2D eigenvalue weighted by atomic mass is 35.5. The molecule has 1 aromatic carbocycles. The van der Waals surface area contributed by atoms with Gasteiger partial charge in [0.15, 0.2) is 5.65 Å². The second kappa shape index (κ2) is 7.96. The fraction of sp³-hybridized carbons (Fsp3) is 0.429. The predicted molar refractivity (Wildman–Crippen MR) is 122 cm³/mol. The summed E-state index contributed by atoms with van der Waals surface area (Å²) in [6, 6.07) is 9.58. The maximum atomic E-state index is 12.8. The van der Waals surface area contributed by atoms with Crippen LogP contribution in [0.25, 0.3) is 22.4 Å². The number of nitrogens with one attached hydrogen (secondary N) is 2. The highest BCUT2D eigenvalue weighted by Crippen LogP contribution is 2.31. The summed E-state index contributed by atoms with van der Waals surface area (Å²) >= 11 is 6.38. The summed E-state index contributed by atoms with van der Waals surface area (Å²) in [4.78, 5) is 23.5. The Morgan fingerprint density at radius 3 is 2.35 bits per heavy atom. The van der Waals surface area contributed by atoms with Gasteiger partial charge in [-0.05, 0) is 31.0 Å². The van der Waals surface area contributed by atoms with Crippen molar-refractivity contribution in [2.24, 2.45) is 0 Å². The fourth-order valence-electron chi connectivity index (χ4n) is 4.57. The van der Waals surface area contributed by atoms with Crippen molar-refractivity contribution >= 4 is 38.5 Å². The van der Waals surface area contributed by atoms with Crippen molar-refractivity contribution in [1.29, 1.82) is 0 Å². The Balaban J connectivity index is 1.30. The first-order valence-electron chi connectivity index (χ1n) is 10.5. The molecule has 0 spiro atoms. The zero-order valence-electron chi connectivity index (χ0n) is 17.0. The standard InChI is InChI=1S/C21H24ClN5O3S/c22-17-13-18-20(25-21(28)23-18)24-19(17)14-5-7-15(8-6-14)26-9-11-27(12-10-26)31(29,30)16-3-1-2-4-16/h5-8,13,16H,1-4,9-12H2,(H2,23,24,25,28). The predicted octanol–water partition coefficient (Wildman–Crippen LogP) is 2.97. The van der Waals surface area contributed by atoms with E-state index in [-0.39, 0.29) is 10.9 Å². The zero-order chi connectivity index (χ0) is 21.6. The number of fused-ring (bicyclic) bond motifs is 1. The number of aromatic amines is 2. The maximum Gasteiger partial charge on any atom is 0.325 e. The molecule has 0 atom stereocenters. The topological polar surface area (TPSA) is 102 Å². The Hall–Kier alpha value is -2.36. The van der Waals surface area contributed by atoms with Gasteiger partial charge in [0, 0.05) is 37.4 Å². The number of anilines is 1. The Morgan fingerprint density at radius 1 is 1.00 bits per heavy atom. The fourth-order valence-corrected chi connectivity index (χ4v) is 6.85. The van der Waals surface area contributed by atoms with Gasteiger partial charge in [-0.3, -0.25) is 4.98 Å². The van der Waals surface area contributed by atoms with Crippen LogP contribution in [0.2, 0.25) is 5.02 Å². The minimum atomic E-state index is -3.18. The number of imidazole rings is 1. The number of hydrogen-bond donors (Lipinski definition) is 2. The molecule has 2 aliphatic rings. The summed E-state index contributed by atoms with van der Waals surface area (Å²) in [5.74, 6) is 0. The lowest BCUT2D eigenvalue weighted by Gasteiger charge is -2.36. The molecule has 164 valence electrons. The number of hydrogen-bond acceptors (Lipinski definition) is 5. The third-order valence-corrected chi connectivity index (χ3v) is 8.97. The first kappa shape index (κ1) is 20.5. The summed E-state index contributed by atoms with van der Waals surface area (Å²) in [5.41, 5.74) is 3.20. The average molecular weight is 462 g/mol. The highest BCUT2D eigenvalue weighted by Gasteiger charge is 2.35. The monoisotopic (exact) mass is 461 g/mol. The number of aromatic nitrogens is 3. The van der Waals surface area contributed by atoms with Gasteiger partial charge in [0.05, 0.1) is 21.5 Å². The Labute approximate surface area is 185 Å². The number of nitrogens with zero attached hydrogens (tertiary/aromatic N) is 3. The van der Waals surface area contributed by atoms with Crippen LogP contribution < -0.4 is 10.6 Å². The SMILES string of the molecule is O=c1[nH]c2cc(Cl)c(-c3ccc(N4CCN(S(=O)(=O)C5CCCC5)CC4)cc3)nc2[nH]1. The van der Waals surface area contributed by atoms with Crippen molar-refractivity contribution in [2.75, 3.05) is 31.1 Å². The molecule has 10 heteroatoms. The van der Waals surface area contributed by atoms with E-state index in [0.29, 0.717) is 48.1 Å². The van der Waals surface area contributed by atoms with E-state index in [1.807, 2.05) is 24.3 Å². The van der Waals surface area contributed by atoms with Crippen LogP contribution in [0.3, 0.4) is 0 Å². The molecule has 0 amide bonds. The second-order valence-corrected chi connectivity index (χ2v) is 10.8. The number of pyridine rings is 1. The normalized spacial score (nSPS) is 18.8. The summed E-state index contributed by atoms with van der Waals surface area (Å²) < 4.78 is 27.3. The first-order chi connectivity index (χ1) is 14.9. The lowest BCUT2D eigenvalue weighted by molar-refractivity contribution is 0.378. The van der Waals surface area contributed by atoms with Crippen LogP contribution in [0.4, 0.5) is 5.69 Å². The van der Waals surface area contributed by atoms with Crippen LogP contribution in [-0.2, 0) is 10.0 Å². The van der Waals surface area contributed by atoms with Gasteiger partial charge in [0.1, 0.15) is 0 Å². The third kappa shape index (κ3) is 3.86. The third-order valence-electron chi connectivity index (χ3n) is 6.28. The lowest BCUT2D eigenvalue weighted by Crippen LogP contribution is -2.50. The van der Waals surface area contributed by atoms with E-state index >= 15 is 0 Å². The van der Waals surface area contributed by atoms with E-state index < -0.39 is 10.0 Å². The van der Waals surface area contributed by atoms with Gasteiger partial charge in [-0.2, -0.15) is 4.31 Å². The molecule has 1 aliphatic carbocycles. The molecule has 2 fully saturated rings. The molecule has 5 rings (SSSR count). The van der Waals surface area contributed by atoms with E-state index in [9.17, 15) is 13.2 Å². The molecule has 2 aromatic heterocycles. The van der Waals surface area contributed by atoms with Crippen molar-refractivity contribution in [1.82, 2.24) is 19.3 Å². The van der Waals surface area contributed by atoms with Gasteiger partial charge in [0.2, 0.25) is 10.0 Å². The minimum absolute atomic E-state index is 0.192. The van der Waals surface area contributed by atoms with E-state index in [1.54, 1.807) is 10.4 Å². The van der Waals surface area contributed by atoms with Crippen molar-refractivity contribution in [3.05, 3.63) is 45.8 Å². The number of benzene rings is 1. The average Bonchev–Trinajstić information content (AvgIpc) is 3.43. The van der Waals surface area contributed by atoms with Crippen molar-refractivity contribution in [2.45, 2.75) is 30.9 Å². The van der Waals surface area contributed by atoms with E-state index in [2.05, 4.69) is 19.9 Å².